The molecule has 0 saturated heterocycles. The molecule has 0 unspecified atom stereocenters. The van der Waals surface area contributed by atoms with Gasteiger partial charge in [-0.1, -0.05) is 128 Å². The van der Waals surface area contributed by atoms with Gasteiger partial charge in [-0.15, -0.1) is 0 Å². The number of rotatable bonds is 16. The first-order valence-electron chi connectivity index (χ1n) is 19.4. The maximum absolute atomic E-state index is 2.58. The van der Waals surface area contributed by atoms with E-state index in [1.807, 2.05) is 0 Å². The van der Waals surface area contributed by atoms with E-state index in [0.717, 1.165) is 63.2 Å². The Balaban J connectivity index is 1.54. The monoisotopic (exact) mass is 676 g/mol. The van der Waals surface area contributed by atoms with Gasteiger partial charge in [0.25, 0.3) is 0 Å². The zero-order chi connectivity index (χ0) is 34.2. The first-order valence-corrected chi connectivity index (χ1v) is 22.5. The van der Waals surface area contributed by atoms with Crippen molar-refractivity contribution in [3.63, 3.8) is 0 Å². The Labute approximate surface area is 297 Å². The van der Waals surface area contributed by atoms with Crippen molar-refractivity contribution in [2.45, 2.75) is 120 Å². The number of benzene rings is 4. The lowest BCUT2D eigenvalue weighted by Gasteiger charge is -2.41. The Morgan fingerprint density at radius 2 is 0.521 bits per heavy atom. The van der Waals surface area contributed by atoms with E-state index in [9.17, 15) is 0 Å². The summed E-state index contributed by atoms with van der Waals surface area (Å²) in [6.45, 7) is 18.6. The molecule has 0 N–H and O–H groups in total. The summed E-state index contributed by atoms with van der Waals surface area (Å²) in [7, 11) is -0.833. The molecule has 2 heteroatoms. The van der Waals surface area contributed by atoms with E-state index in [-0.39, 0.29) is 0 Å². The third-order valence-corrected chi connectivity index (χ3v) is 16.3. The maximum atomic E-state index is 2.58. The summed E-state index contributed by atoms with van der Waals surface area (Å²) in [5, 5.41) is 6.48. The Hall–Kier alpha value is -2.26. The van der Waals surface area contributed by atoms with E-state index >= 15 is 0 Å². The fourth-order valence-electron chi connectivity index (χ4n) is 7.54. The second kappa shape index (κ2) is 17.6. The molecule has 0 amide bonds. The van der Waals surface area contributed by atoms with Gasteiger partial charge >= 0.3 is 0 Å². The van der Waals surface area contributed by atoms with Gasteiger partial charge in [0.2, 0.25) is 0 Å². The third-order valence-electron chi connectivity index (χ3n) is 11.1. The van der Waals surface area contributed by atoms with Crippen molar-refractivity contribution in [3.05, 3.63) is 117 Å². The lowest BCUT2D eigenvalue weighted by atomic mass is 9.76. The van der Waals surface area contributed by atoms with Gasteiger partial charge in [-0.25, -0.2) is 0 Å². The van der Waals surface area contributed by atoms with Gasteiger partial charge in [0, 0.05) is 0 Å². The quantitative estimate of drug-likeness (QED) is 0.104. The van der Waals surface area contributed by atoms with E-state index in [1.54, 1.807) is 21.2 Å². The number of aryl methyl sites for hydroxylation is 8. The summed E-state index contributed by atoms with van der Waals surface area (Å²) in [6.07, 6.45) is 14.4. The predicted octanol–water partition coefficient (Wildman–Crippen LogP) is 10.8. The molecule has 1 fully saturated rings. The van der Waals surface area contributed by atoms with Gasteiger partial charge in [-0.2, -0.15) is 0 Å². The standard InChI is InChI=1S/C46H62P2/c1-9-33-19-34(10-2)24-43(23-33)47(44-25-35(11-3)20-36(12-4)26-44)31-41-17-18-42(41)32-48(45-27-37(13-5)21-38(14-6)28-45)46-29-39(15-7)22-40(16-8)30-46/h19-30,41-42H,9-18,31-32H2,1-8H3/t41-,42-/m0/s1. The molecular formula is C46H62P2. The molecule has 0 spiro atoms. The van der Waals surface area contributed by atoms with Crippen LogP contribution in [0.4, 0.5) is 0 Å². The van der Waals surface area contributed by atoms with Crippen LogP contribution in [0.15, 0.2) is 72.8 Å². The fourth-order valence-corrected chi connectivity index (χ4v) is 13.4. The van der Waals surface area contributed by atoms with Gasteiger partial charge in [0.15, 0.2) is 0 Å². The highest BCUT2D eigenvalue weighted by Gasteiger charge is 2.36. The molecule has 0 nitrogen and oxygen atoms in total. The molecule has 1 saturated carbocycles. The van der Waals surface area contributed by atoms with Crippen LogP contribution in [-0.2, 0) is 51.4 Å². The van der Waals surface area contributed by atoms with Crippen LogP contribution in [0.1, 0.15) is 113 Å². The highest BCUT2D eigenvalue weighted by molar-refractivity contribution is 7.73. The molecule has 0 bridgehead atoms. The maximum Gasteiger partial charge on any atom is -0.0190 e. The minimum Gasteiger partial charge on any atom is -0.0613 e. The van der Waals surface area contributed by atoms with Crippen molar-refractivity contribution in [1.29, 1.82) is 0 Å². The second-order valence-corrected chi connectivity index (χ2v) is 18.7. The third kappa shape index (κ3) is 8.90. The van der Waals surface area contributed by atoms with Crippen molar-refractivity contribution in [1.82, 2.24) is 0 Å². The van der Waals surface area contributed by atoms with Crippen molar-refractivity contribution >= 4 is 37.1 Å². The SMILES string of the molecule is CCc1cc(CC)cc(P(C[C@@H]2CC[C@H]2CP(c2cc(CC)cc(CC)c2)c2cc(CC)cc(CC)c2)c2cc(CC)cc(CC)c2)c1. The first kappa shape index (κ1) is 37.0. The fraction of sp³-hybridized carbons (Fsp3) is 0.478. The minimum absolute atomic E-state index is 0.417. The van der Waals surface area contributed by atoms with Gasteiger partial charge in [0.1, 0.15) is 0 Å². The van der Waals surface area contributed by atoms with Crippen molar-refractivity contribution in [2.24, 2.45) is 11.8 Å². The van der Waals surface area contributed by atoms with E-state index in [2.05, 4.69) is 128 Å². The molecule has 48 heavy (non-hydrogen) atoms. The van der Waals surface area contributed by atoms with Crippen LogP contribution >= 0.6 is 15.8 Å². The molecule has 1 aliphatic carbocycles. The largest absolute Gasteiger partial charge is 0.0613 e. The van der Waals surface area contributed by atoms with Crippen LogP contribution in [0.2, 0.25) is 0 Å². The molecule has 0 aromatic heterocycles. The molecule has 2 atom stereocenters. The lowest BCUT2D eigenvalue weighted by Crippen LogP contribution is -2.35. The molecule has 256 valence electrons. The summed E-state index contributed by atoms with van der Waals surface area (Å²) in [4.78, 5) is 0. The molecular weight excluding hydrogens is 614 g/mol. The Morgan fingerprint density at radius 1 is 0.333 bits per heavy atom. The van der Waals surface area contributed by atoms with Gasteiger partial charge < -0.3 is 0 Å². The van der Waals surface area contributed by atoms with E-state index in [4.69, 9.17) is 0 Å². The normalized spacial score (nSPS) is 16.1. The highest BCUT2D eigenvalue weighted by Crippen LogP contribution is 2.50. The average Bonchev–Trinajstić information content (AvgIpc) is 3.13. The topological polar surface area (TPSA) is 0 Å². The Kier molecular flexibility index (Phi) is 13.6. The van der Waals surface area contributed by atoms with Crippen LogP contribution in [0.25, 0.3) is 0 Å². The summed E-state index contributed by atoms with van der Waals surface area (Å²) in [6, 6.07) is 30.5. The molecule has 0 radical (unpaired) electrons. The Morgan fingerprint density at radius 3 is 0.667 bits per heavy atom. The predicted molar refractivity (Wildman–Crippen MR) is 219 cm³/mol. The highest BCUT2D eigenvalue weighted by atomic mass is 31.1. The van der Waals surface area contributed by atoms with Gasteiger partial charge in [-0.05, 0) is 170 Å². The zero-order valence-corrected chi connectivity index (χ0v) is 33.3. The van der Waals surface area contributed by atoms with Crippen molar-refractivity contribution in [2.75, 3.05) is 12.3 Å². The van der Waals surface area contributed by atoms with Gasteiger partial charge in [0.05, 0.1) is 0 Å². The minimum atomic E-state index is -0.417. The molecule has 1 aliphatic rings. The van der Waals surface area contributed by atoms with Crippen LogP contribution in [0, 0.1) is 11.8 Å². The summed E-state index contributed by atoms with van der Waals surface area (Å²) < 4.78 is 0. The molecule has 0 heterocycles. The number of hydrogen-bond donors (Lipinski definition) is 0. The van der Waals surface area contributed by atoms with Crippen LogP contribution < -0.4 is 21.2 Å². The average molecular weight is 677 g/mol. The summed E-state index contributed by atoms with van der Waals surface area (Å²) >= 11 is 0. The summed E-state index contributed by atoms with van der Waals surface area (Å²) in [5.74, 6) is 1.60. The molecule has 4 aromatic rings. The smallest absolute Gasteiger partial charge is 0.0190 e. The van der Waals surface area contributed by atoms with Crippen molar-refractivity contribution < 1.29 is 0 Å². The van der Waals surface area contributed by atoms with E-state index < -0.39 is 15.8 Å². The van der Waals surface area contributed by atoms with Crippen LogP contribution in [-0.4, -0.2) is 12.3 Å². The Bertz CT molecular complexity index is 1330. The molecule has 4 aromatic carbocycles. The van der Waals surface area contributed by atoms with Crippen LogP contribution in [0.5, 0.6) is 0 Å². The van der Waals surface area contributed by atoms with Gasteiger partial charge in [-0.3, -0.25) is 0 Å². The first-order chi connectivity index (χ1) is 23.3. The lowest BCUT2D eigenvalue weighted by molar-refractivity contribution is 0.228. The molecule has 5 rings (SSSR count). The molecule has 0 aliphatic heterocycles. The van der Waals surface area contributed by atoms with Crippen molar-refractivity contribution in [3.8, 4) is 0 Å². The second-order valence-electron chi connectivity index (χ2n) is 14.2. The zero-order valence-electron chi connectivity index (χ0n) is 31.5. The summed E-state index contributed by atoms with van der Waals surface area (Å²) in [5.41, 5.74) is 12.1. The van der Waals surface area contributed by atoms with E-state index in [1.165, 1.54) is 69.7 Å². The van der Waals surface area contributed by atoms with Crippen LogP contribution in [0.3, 0.4) is 0 Å². The number of hydrogen-bond acceptors (Lipinski definition) is 0. The van der Waals surface area contributed by atoms with E-state index in [0.29, 0.717) is 0 Å².